The quantitative estimate of drug-likeness (QED) is 0.0292. The number of benzene rings is 4. The van der Waals surface area contributed by atoms with Gasteiger partial charge in [-0.15, -0.1) is 0 Å². The highest BCUT2D eigenvalue weighted by Crippen LogP contribution is 2.34. The number of nitrogens with one attached hydrogen (secondary N) is 9. The van der Waals surface area contributed by atoms with E-state index in [4.69, 9.17) is 33.9 Å². The zero-order valence-electron chi connectivity index (χ0n) is 45.8. The van der Waals surface area contributed by atoms with Crippen molar-refractivity contribution in [2.75, 3.05) is 59.9 Å². The molecule has 8 atom stereocenters. The summed E-state index contributed by atoms with van der Waals surface area (Å²) in [6.45, 7) is 0.930. The molecule has 0 spiro atoms. The Balaban J connectivity index is 0.587. The molecule has 2 aliphatic heterocycles. The maximum atomic E-state index is 13.0. The number of aromatic nitrogens is 8. The molecule has 444 valence electrons. The fraction of sp³-hybridized carbons (Fsp3) is 0.281. The number of aliphatic hydroxyl groups is 5. The number of hydrogen-bond acceptors (Lipinski definition) is 20. The summed E-state index contributed by atoms with van der Waals surface area (Å²) >= 11 is 11.0. The fourth-order valence-electron chi connectivity index (χ4n) is 9.42. The second kappa shape index (κ2) is 27.6. The Morgan fingerprint density at radius 1 is 0.605 bits per heavy atom. The number of nitrogens with zero attached hydrogens (tertiary/aromatic N) is 8. The van der Waals surface area contributed by atoms with Crippen LogP contribution in [0.4, 0.5) is 34.4 Å². The predicted octanol–water partition coefficient (Wildman–Crippen LogP) is 1.46. The van der Waals surface area contributed by atoms with Gasteiger partial charge in [0.25, 0.3) is 5.91 Å². The zero-order chi connectivity index (χ0) is 60.3. The van der Waals surface area contributed by atoms with Gasteiger partial charge >= 0.3 is 0 Å². The van der Waals surface area contributed by atoms with E-state index in [1.807, 2.05) is 60.7 Å². The zero-order valence-corrected chi connectivity index (χ0v) is 47.4. The molecule has 4 aromatic carbocycles. The summed E-state index contributed by atoms with van der Waals surface area (Å²) in [5, 5.41) is 79.2. The average Bonchev–Trinajstić information content (AvgIpc) is 2.25. The van der Waals surface area contributed by atoms with Crippen molar-refractivity contribution < 1.29 is 49.4 Å². The first-order chi connectivity index (χ1) is 41.7. The molecule has 0 bridgehead atoms. The number of carbonyl (C=O) groups excluding carboxylic acids is 3. The summed E-state index contributed by atoms with van der Waals surface area (Å²) in [5.74, 6) is 6.11. The van der Waals surface area contributed by atoms with Gasteiger partial charge in [0.2, 0.25) is 11.8 Å². The molecule has 2 saturated heterocycles. The monoisotopic (exact) mass is 1210 g/mol. The third kappa shape index (κ3) is 14.4. The highest BCUT2D eigenvalue weighted by atomic mass is 32.1. The summed E-state index contributed by atoms with van der Waals surface area (Å²) in [7, 11) is 1.42. The van der Waals surface area contributed by atoms with Crippen molar-refractivity contribution in [3.8, 4) is 11.8 Å². The molecule has 6 heterocycles. The molecule has 2 fully saturated rings. The fourth-order valence-corrected chi connectivity index (χ4v) is 9.83. The van der Waals surface area contributed by atoms with E-state index in [-0.39, 0.29) is 31.2 Å². The van der Waals surface area contributed by atoms with Gasteiger partial charge in [-0.25, -0.2) is 29.9 Å². The van der Waals surface area contributed by atoms with Crippen LogP contribution in [0.3, 0.4) is 0 Å². The van der Waals surface area contributed by atoms with Crippen LogP contribution in [0.2, 0.25) is 0 Å². The van der Waals surface area contributed by atoms with Gasteiger partial charge in [0.05, 0.1) is 38.6 Å². The number of carbonyl (C=O) groups is 3. The van der Waals surface area contributed by atoms with Crippen LogP contribution in [0, 0.1) is 11.8 Å². The first kappa shape index (κ1) is 59.8. The lowest BCUT2D eigenvalue weighted by Gasteiger charge is -2.16. The number of hydrogen-bond donors (Lipinski definition) is 14. The van der Waals surface area contributed by atoms with Crippen molar-refractivity contribution >= 4 is 109 Å². The van der Waals surface area contributed by atoms with Gasteiger partial charge in [0, 0.05) is 55.0 Å². The molecule has 0 unspecified atom stereocenters. The van der Waals surface area contributed by atoms with E-state index in [1.54, 1.807) is 36.4 Å². The number of aliphatic hydroxyl groups excluding tert-OH is 5. The number of amides is 3. The van der Waals surface area contributed by atoms with Gasteiger partial charge in [-0.1, -0.05) is 48.2 Å². The van der Waals surface area contributed by atoms with Gasteiger partial charge in [0.15, 0.2) is 62.7 Å². The predicted molar refractivity (Wildman–Crippen MR) is 324 cm³/mol. The van der Waals surface area contributed by atoms with Gasteiger partial charge in [0.1, 0.15) is 43.2 Å². The molecule has 29 heteroatoms. The Hall–Kier alpha value is -9.35. The van der Waals surface area contributed by atoms with E-state index in [0.29, 0.717) is 75.2 Å². The van der Waals surface area contributed by atoms with Crippen LogP contribution in [0.15, 0.2) is 122 Å². The van der Waals surface area contributed by atoms with E-state index in [1.165, 1.54) is 41.5 Å². The first-order valence-corrected chi connectivity index (χ1v) is 27.8. The minimum absolute atomic E-state index is 0.114. The second-order valence-corrected chi connectivity index (χ2v) is 20.6. The molecule has 86 heavy (non-hydrogen) atoms. The van der Waals surface area contributed by atoms with Crippen LogP contribution in [0.5, 0.6) is 0 Å². The molecule has 8 aromatic rings. The lowest BCUT2D eigenvalue weighted by Crippen LogP contribution is -2.41. The molecule has 10 rings (SSSR count). The largest absolute Gasteiger partial charge is 0.394 e. The van der Waals surface area contributed by atoms with E-state index in [2.05, 4.69) is 89.6 Å². The van der Waals surface area contributed by atoms with E-state index in [9.17, 15) is 39.9 Å². The molecule has 0 radical (unpaired) electrons. The Bertz CT molecular complexity index is 3810. The van der Waals surface area contributed by atoms with Gasteiger partial charge in [-0.3, -0.25) is 23.5 Å². The number of thiocarbonyl (C=S) groups is 2. The molecule has 3 amide bonds. The van der Waals surface area contributed by atoms with E-state index >= 15 is 0 Å². The molecular weight excluding hydrogens is 1150 g/mol. The van der Waals surface area contributed by atoms with Crippen molar-refractivity contribution in [3.05, 3.63) is 145 Å². The molecule has 14 N–H and O–H groups in total. The Morgan fingerprint density at radius 2 is 1.16 bits per heavy atom. The molecule has 0 saturated carbocycles. The van der Waals surface area contributed by atoms with E-state index < -0.39 is 61.6 Å². The van der Waals surface area contributed by atoms with Crippen LogP contribution in [-0.4, -0.2) is 162 Å². The lowest BCUT2D eigenvalue weighted by molar-refractivity contribution is -0.137. The molecule has 27 nitrogen and oxygen atoms in total. The molecular formula is C57H59N17O10S2. The summed E-state index contributed by atoms with van der Waals surface area (Å²) in [5.41, 5.74) is 7.50. The summed E-state index contributed by atoms with van der Waals surface area (Å²) in [4.78, 5) is 63.9. The van der Waals surface area contributed by atoms with Crippen molar-refractivity contribution in [2.24, 2.45) is 0 Å². The number of fused-ring (bicyclic) bond motifs is 2. The first-order valence-electron chi connectivity index (χ1n) is 27.0. The number of rotatable bonds is 20. The number of anilines is 6. The normalized spacial score (nSPS) is 19.7. The Morgan fingerprint density at radius 3 is 1.80 bits per heavy atom. The minimum atomic E-state index is -1.44. The van der Waals surface area contributed by atoms with Crippen LogP contribution >= 0.6 is 24.4 Å². The van der Waals surface area contributed by atoms with Crippen molar-refractivity contribution in [1.29, 1.82) is 0 Å². The van der Waals surface area contributed by atoms with Crippen LogP contribution < -0.4 is 47.9 Å². The van der Waals surface area contributed by atoms with Crippen molar-refractivity contribution in [2.45, 2.75) is 68.5 Å². The molecule has 4 aromatic heterocycles. The summed E-state index contributed by atoms with van der Waals surface area (Å²) in [6, 6.07) is 29.3. The number of imidazole rings is 2. The third-order valence-corrected chi connectivity index (χ3v) is 14.3. The SMILES string of the molecule is CNC(=O)[C@H]1O[C@@H](n2cnc3c(NCc4cccc(C#CCNC(=S)Nc5ccc(NC(=S)NCCNC(=O)Cc6ccc(NC(=O)Cc7ccc(Nc8ncnc9c8ncn9[C@@H]8O[C@H](CO)[C@@H](O)[C@H]8O)cc7)cc6)cc5)c4)ncnc32)[C@H](O)[C@@H]1O. The Labute approximate surface area is 501 Å². The lowest BCUT2D eigenvalue weighted by atomic mass is 10.1. The van der Waals surface area contributed by atoms with Gasteiger partial charge in [-0.2, -0.15) is 0 Å². The van der Waals surface area contributed by atoms with Crippen LogP contribution in [0.25, 0.3) is 22.3 Å². The summed E-state index contributed by atoms with van der Waals surface area (Å²) < 4.78 is 14.3. The molecule has 2 aliphatic rings. The topological polar surface area (TPSA) is 366 Å². The second-order valence-electron chi connectivity index (χ2n) is 19.8. The van der Waals surface area contributed by atoms with Crippen molar-refractivity contribution in [3.63, 3.8) is 0 Å². The molecule has 0 aliphatic carbocycles. The van der Waals surface area contributed by atoms with Gasteiger partial charge < -0.3 is 82.9 Å². The highest BCUT2D eigenvalue weighted by Gasteiger charge is 2.48. The Kier molecular flexibility index (Phi) is 19.2. The van der Waals surface area contributed by atoms with Crippen LogP contribution in [-0.2, 0) is 43.2 Å². The average molecular weight is 1210 g/mol. The standard InChI is InChI=1S/C57H59N17O10S2/c1-58-53(82)48-45(79)47(81)55(84-48)74-29-67-42-49(63-27-65-51(42)74)62-25-34-5-2-4-31(22-34)6-3-19-60-56(85)71-37-15-17-38(18-16-37)72-57(86)61-21-20-59-40(76)23-32-7-11-35(12-8-32)69-41(77)24-33-9-13-36(14-10-33)70-50-43-52(66-28-64-50)73(30-68-43)54-46(80)44(78)39(26-75)83-54/h2,4-5,7-18,22,27-30,39,44-48,54-55,75,78-81H,19-21,23-26H2,1H3,(H,58,82)(H,59,76)(H,69,77)(H2,60,71,85)(H2,61,72,86)(H,62,63,65)(H,64,66,70)/t39-,44-,45+,46-,47-,48+,54-,55-/m1/s1. The van der Waals surface area contributed by atoms with Crippen molar-refractivity contribution in [1.82, 2.24) is 60.3 Å². The smallest absolute Gasteiger partial charge is 0.251 e. The highest BCUT2D eigenvalue weighted by molar-refractivity contribution is 7.80. The third-order valence-electron chi connectivity index (χ3n) is 13.8. The maximum Gasteiger partial charge on any atom is 0.251 e. The van der Waals surface area contributed by atoms with Gasteiger partial charge in [-0.05, 0) is 102 Å². The number of ether oxygens (including phenoxy) is 2. The number of likely N-dealkylation sites (N-methyl/N-ethyl adjacent to an activating group) is 1. The minimum Gasteiger partial charge on any atom is -0.394 e. The summed E-state index contributed by atoms with van der Waals surface area (Å²) in [6.07, 6.45) is -3.92. The maximum absolute atomic E-state index is 13.0. The van der Waals surface area contributed by atoms with E-state index in [0.717, 1.165) is 33.6 Å². The van der Waals surface area contributed by atoms with Crippen LogP contribution in [0.1, 0.15) is 34.7 Å².